The van der Waals surface area contributed by atoms with Crippen molar-refractivity contribution in [2.24, 2.45) is 40.4 Å². The molecule has 28 heavy (non-hydrogen) atoms. The normalized spacial score (nSPS) is 47.7. The van der Waals surface area contributed by atoms with Crippen LogP contribution in [0.5, 0.6) is 0 Å². The van der Waals surface area contributed by atoms with Gasteiger partial charge in [-0.15, -0.1) is 0 Å². The lowest BCUT2D eigenvalue weighted by Crippen LogP contribution is -2.53. The molecule has 4 saturated carbocycles. The number of hydrogen-bond donors (Lipinski definition) is 1. The molecule has 7 unspecified atom stereocenters. The molecule has 0 aliphatic heterocycles. The number of fused-ring (bicyclic) bond motifs is 5. The maximum absolute atomic E-state index is 11.7. The zero-order valence-electron chi connectivity index (χ0n) is 18.4. The quantitative estimate of drug-likeness (QED) is 0.609. The smallest absolute Gasteiger partial charge is 0.305 e. The molecule has 0 aromatic rings. The minimum Gasteiger partial charge on any atom is -0.466 e. The fraction of sp³-hybridized carbons (Fsp3) is 0.960. The summed E-state index contributed by atoms with van der Waals surface area (Å²) in [6, 6.07) is 0. The minimum atomic E-state index is -0.0428. The van der Waals surface area contributed by atoms with Crippen LogP contribution in [0.25, 0.3) is 0 Å². The van der Waals surface area contributed by atoms with Gasteiger partial charge in [-0.05, 0) is 118 Å². The summed E-state index contributed by atoms with van der Waals surface area (Å²) in [5, 5.41) is 10.2. The second-order valence-electron chi connectivity index (χ2n) is 11.1. The number of rotatable bonds is 5. The first kappa shape index (κ1) is 20.7. The van der Waals surface area contributed by atoms with Crippen molar-refractivity contribution in [1.29, 1.82) is 0 Å². The van der Waals surface area contributed by atoms with Gasteiger partial charge in [0.15, 0.2) is 0 Å². The van der Waals surface area contributed by atoms with Gasteiger partial charge in [-0.25, -0.2) is 0 Å². The molecule has 4 rings (SSSR count). The van der Waals surface area contributed by atoms with Gasteiger partial charge < -0.3 is 9.84 Å². The standard InChI is InChI=1S/C25H42O3/c1-4-28-23(27)7-5-6-17-9-11-21-20-10-8-18-16-19(26)12-14-25(18,3)22(20)13-15-24(17,21)2/h17-22,26H,4-16H2,1-3H3/t17?,18?,19-,20?,21?,22?,24?,25?/m1/s1. The van der Waals surface area contributed by atoms with Crippen molar-refractivity contribution in [2.75, 3.05) is 6.61 Å². The van der Waals surface area contributed by atoms with Crippen molar-refractivity contribution >= 4 is 5.97 Å². The van der Waals surface area contributed by atoms with Gasteiger partial charge in [-0.3, -0.25) is 4.79 Å². The number of ether oxygens (including phenoxy) is 1. The summed E-state index contributed by atoms with van der Waals surface area (Å²) in [4.78, 5) is 11.7. The van der Waals surface area contributed by atoms with E-state index in [9.17, 15) is 9.90 Å². The Bertz CT molecular complexity index is 574. The highest BCUT2D eigenvalue weighted by Gasteiger charge is 2.59. The number of esters is 1. The van der Waals surface area contributed by atoms with E-state index in [1.54, 1.807) is 0 Å². The summed E-state index contributed by atoms with van der Waals surface area (Å²) in [5.74, 6) is 4.22. The molecule has 0 saturated heterocycles. The second-order valence-corrected chi connectivity index (χ2v) is 11.1. The second kappa shape index (κ2) is 7.93. The Balaban J connectivity index is 1.41. The predicted octanol–water partition coefficient (Wildman–Crippen LogP) is 5.74. The minimum absolute atomic E-state index is 0.0170. The molecule has 3 nitrogen and oxygen atoms in total. The van der Waals surface area contributed by atoms with Crippen LogP contribution in [0.4, 0.5) is 0 Å². The van der Waals surface area contributed by atoms with E-state index < -0.39 is 0 Å². The van der Waals surface area contributed by atoms with Crippen LogP contribution < -0.4 is 0 Å². The molecule has 4 aliphatic carbocycles. The van der Waals surface area contributed by atoms with Gasteiger partial charge in [0, 0.05) is 6.42 Å². The van der Waals surface area contributed by atoms with Gasteiger partial charge >= 0.3 is 5.97 Å². The zero-order chi connectivity index (χ0) is 19.9. The SMILES string of the molecule is CCOC(=O)CCCC1CCC2C3CCC4C[C@H](O)CCC4(C)C3CCC12C. The molecule has 4 aliphatic rings. The third-order valence-electron chi connectivity index (χ3n) is 10.1. The van der Waals surface area contributed by atoms with Crippen LogP contribution in [0.3, 0.4) is 0 Å². The van der Waals surface area contributed by atoms with E-state index in [0.29, 0.717) is 23.9 Å². The first-order chi connectivity index (χ1) is 13.4. The van der Waals surface area contributed by atoms with E-state index in [-0.39, 0.29) is 12.1 Å². The third-order valence-corrected chi connectivity index (χ3v) is 10.1. The molecule has 0 heterocycles. The summed E-state index contributed by atoms with van der Waals surface area (Å²) < 4.78 is 5.12. The molecule has 8 atom stereocenters. The van der Waals surface area contributed by atoms with Crippen LogP contribution in [0.2, 0.25) is 0 Å². The highest BCUT2D eigenvalue weighted by atomic mass is 16.5. The molecule has 0 aromatic carbocycles. The summed E-state index contributed by atoms with van der Waals surface area (Å²) in [7, 11) is 0. The van der Waals surface area contributed by atoms with Crippen LogP contribution >= 0.6 is 0 Å². The lowest BCUT2D eigenvalue weighted by molar-refractivity contribution is -0.143. The van der Waals surface area contributed by atoms with E-state index >= 15 is 0 Å². The lowest BCUT2D eigenvalue weighted by Gasteiger charge is -2.61. The molecule has 1 N–H and O–H groups in total. The fourth-order valence-corrected chi connectivity index (χ4v) is 8.54. The average Bonchev–Trinajstić information content (AvgIpc) is 2.99. The van der Waals surface area contributed by atoms with Crippen molar-refractivity contribution in [3.63, 3.8) is 0 Å². The molecule has 0 radical (unpaired) electrons. The fourth-order valence-electron chi connectivity index (χ4n) is 8.54. The molecule has 0 aromatic heterocycles. The van der Waals surface area contributed by atoms with Crippen LogP contribution in [0.1, 0.15) is 97.8 Å². The van der Waals surface area contributed by atoms with Crippen molar-refractivity contribution in [1.82, 2.24) is 0 Å². The summed E-state index contributed by atoms with van der Waals surface area (Å²) in [5.41, 5.74) is 0.971. The number of carbonyl (C=O) groups excluding carboxylic acids is 1. The Kier molecular flexibility index (Phi) is 5.86. The maximum atomic E-state index is 11.7. The van der Waals surface area contributed by atoms with Crippen molar-refractivity contribution < 1.29 is 14.6 Å². The molecule has 0 spiro atoms. The Morgan fingerprint density at radius 2 is 1.75 bits per heavy atom. The largest absolute Gasteiger partial charge is 0.466 e. The Hall–Kier alpha value is -0.570. The van der Waals surface area contributed by atoms with Gasteiger partial charge in [-0.1, -0.05) is 13.8 Å². The predicted molar refractivity (Wildman–Crippen MR) is 112 cm³/mol. The summed E-state index contributed by atoms with van der Waals surface area (Å²) in [6.45, 7) is 7.56. The summed E-state index contributed by atoms with van der Waals surface area (Å²) in [6.07, 6.45) is 14.4. The first-order valence-corrected chi connectivity index (χ1v) is 12.2. The van der Waals surface area contributed by atoms with Gasteiger partial charge in [0.1, 0.15) is 0 Å². The number of aliphatic hydroxyl groups excluding tert-OH is 1. The van der Waals surface area contributed by atoms with Gasteiger partial charge in [-0.2, -0.15) is 0 Å². The molecular weight excluding hydrogens is 348 g/mol. The number of carbonyl (C=O) groups is 1. The van der Waals surface area contributed by atoms with E-state index in [4.69, 9.17) is 4.74 Å². The van der Waals surface area contributed by atoms with Crippen LogP contribution in [-0.4, -0.2) is 23.8 Å². The van der Waals surface area contributed by atoms with E-state index in [2.05, 4.69) is 13.8 Å². The number of hydrogen-bond acceptors (Lipinski definition) is 3. The first-order valence-electron chi connectivity index (χ1n) is 12.2. The van der Waals surface area contributed by atoms with Gasteiger partial charge in [0.05, 0.1) is 12.7 Å². The zero-order valence-corrected chi connectivity index (χ0v) is 18.4. The van der Waals surface area contributed by atoms with Crippen molar-refractivity contribution in [3.8, 4) is 0 Å². The van der Waals surface area contributed by atoms with Gasteiger partial charge in [0.2, 0.25) is 0 Å². The van der Waals surface area contributed by atoms with Crippen molar-refractivity contribution in [2.45, 2.75) is 104 Å². The monoisotopic (exact) mass is 390 g/mol. The van der Waals surface area contributed by atoms with Crippen molar-refractivity contribution in [3.05, 3.63) is 0 Å². The highest BCUT2D eigenvalue weighted by Crippen LogP contribution is 2.67. The Labute approximate surface area is 172 Å². The van der Waals surface area contributed by atoms with Gasteiger partial charge in [0.25, 0.3) is 0 Å². The molecule has 0 amide bonds. The van der Waals surface area contributed by atoms with Crippen LogP contribution in [0, 0.1) is 40.4 Å². The average molecular weight is 391 g/mol. The molecule has 160 valence electrons. The topological polar surface area (TPSA) is 46.5 Å². The Morgan fingerprint density at radius 3 is 2.54 bits per heavy atom. The van der Waals surface area contributed by atoms with E-state index in [1.165, 1.54) is 51.4 Å². The molecule has 3 heteroatoms. The lowest BCUT2D eigenvalue weighted by atomic mass is 9.44. The maximum Gasteiger partial charge on any atom is 0.305 e. The Morgan fingerprint density at radius 1 is 1.00 bits per heavy atom. The summed E-state index contributed by atoms with van der Waals surface area (Å²) >= 11 is 0. The molecular formula is C25H42O3. The molecule has 4 fully saturated rings. The molecule has 0 bridgehead atoms. The number of aliphatic hydroxyl groups is 1. The third kappa shape index (κ3) is 3.44. The van der Waals surface area contributed by atoms with Crippen LogP contribution in [-0.2, 0) is 9.53 Å². The van der Waals surface area contributed by atoms with E-state index in [1.807, 2.05) is 6.92 Å². The van der Waals surface area contributed by atoms with E-state index in [0.717, 1.165) is 48.9 Å². The highest BCUT2D eigenvalue weighted by molar-refractivity contribution is 5.69. The van der Waals surface area contributed by atoms with Crippen LogP contribution in [0.15, 0.2) is 0 Å².